The molecule has 0 aliphatic heterocycles. The first-order valence-corrected chi connectivity index (χ1v) is 4.80. The summed E-state index contributed by atoms with van der Waals surface area (Å²) in [5.74, 6) is 0.651. The first-order chi connectivity index (χ1) is 7.20. The van der Waals surface area contributed by atoms with Gasteiger partial charge in [-0.15, -0.1) is 0 Å². The molecule has 0 saturated heterocycles. The van der Waals surface area contributed by atoms with E-state index < -0.39 is 0 Å². The monoisotopic (exact) mass is 208 g/mol. The third-order valence-electron chi connectivity index (χ3n) is 2.01. The third-order valence-corrected chi connectivity index (χ3v) is 2.01. The number of para-hydroxylation sites is 1. The topological polar surface area (TPSA) is 56.8 Å². The quantitative estimate of drug-likeness (QED) is 0.468. The molecule has 1 aromatic carbocycles. The van der Waals surface area contributed by atoms with Crippen molar-refractivity contribution in [2.24, 2.45) is 5.16 Å². The van der Waals surface area contributed by atoms with Crippen molar-refractivity contribution >= 4 is 11.4 Å². The standard InChI is InChI=1S/C11H16N2O2/c1-4-15-13-8(2)9-6-5-7-10(14-3)11(9)12/h5-7H,4,12H2,1-3H3/b13-8+. The summed E-state index contributed by atoms with van der Waals surface area (Å²) in [7, 11) is 1.59. The summed E-state index contributed by atoms with van der Waals surface area (Å²) in [4.78, 5) is 4.97. The van der Waals surface area contributed by atoms with Gasteiger partial charge >= 0.3 is 0 Å². The molecule has 0 saturated carbocycles. The summed E-state index contributed by atoms with van der Waals surface area (Å²) >= 11 is 0. The van der Waals surface area contributed by atoms with Crippen LogP contribution >= 0.6 is 0 Å². The fourth-order valence-electron chi connectivity index (χ4n) is 1.25. The molecule has 0 aliphatic carbocycles. The minimum atomic E-state index is 0.543. The maximum Gasteiger partial charge on any atom is 0.142 e. The van der Waals surface area contributed by atoms with Crippen LogP contribution in [-0.2, 0) is 4.84 Å². The highest BCUT2D eigenvalue weighted by molar-refractivity contribution is 6.03. The summed E-state index contributed by atoms with van der Waals surface area (Å²) in [5.41, 5.74) is 8.07. The van der Waals surface area contributed by atoms with Crippen LogP contribution in [0.4, 0.5) is 5.69 Å². The maximum absolute atomic E-state index is 5.91. The molecule has 0 radical (unpaired) electrons. The van der Waals surface area contributed by atoms with Crippen LogP contribution in [0, 0.1) is 0 Å². The number of methoxy groups -OCH3 is 1. The molecule has 2 N–H and O–H groups in total. The molecule has 4 heteroatoms. The van der Waals surface area contributed by atoms with Crippen LogP contribution in [0.3, 0.4) is 0 Å². The van der Waals surface area contributed by atoms with Crippen molar-refractivity contribution < 1.29 is 9.57 Å². The molecule has 15 heavy (non-hydrogen) atoms. The largest absolute Gasteiger partial charge is 0.495 e. The first-order valence-electron chi connectivity index (χ1n) is 4.80. The van der Waals surface area contributed by atoms with E-state index in [9.17, 15) is 0 Å². The zero-order valence-electron chi connectivity index (χ0n) is 9.28. The van der Waals surface area contributed by atoms with Crippen LogP contribution in [0.2, 0.25) is 0 Å². The minimum absolute atomic E-state index is 0.543. The number of nitrogens with two attached hydrogens (primary N) is 1. The lowest BCUT2D eigenvalue weighted by Gasteiger charge is -2.09. The second-order valence-corrected chi connectivity index (χ2v) is 3.02. The number of anilines is 1. The molecule has 0 fully saturated rings. The lowest BCUT2D eigenvalue weighted by atomic mass is 10.1. The van der Waals surface area contributed by atoms with Gasteiger partial charge in [0, 0.05) is 5.56 Å². The molecule has 0 aromatic heterocycles. The number of hydrogen-bond acceptors (Lipinski definition) is 4. The Kier molecular flexibility index (Phi) is 3.97. The number of rotatable bonds is 4. The SMILES string of the molecule is CCO/N=C(\C)c1cccc(OC)c1N. The Morgan fingerprint density at radius 2 is 2.20 bits per heavy atom. The summed E-state index contributed by atoms with van der Waals surface area (Å²) in [6.45, 7) is 4.27. The van der Waals surface area contributed by atoms with Crippen molar-refractivity contribution in [2.75, 3.05) is 19.5 Å². The molecule has 0 heterocycles. The number of nitrogens with zero attached hydrogens (tertiary/aromatic N) is 1. The maximum atomic E-state index is 5.91. The Hall–Kier alpha value is -1.71. The molecule has 1 aromatic rings. The summed E-state index contributed by atoms with van der Waals surface area (Å²) in [5, 5.41) is 3.93. The lowest BCUT2D eigenvalue weighted by Crippen LogP contribution is -2.03. The Morgan fingerprint density at radius 1 is 1.47 bits per heavy atom. The Balaban J connectivity index is 3.03. The Labute approximate surface area is 89.7 Å². The molecule has 0 aliphatic rings. The molecule has 0 spiro atoms. The van der Waals surface area contributed by atoms with Gasteiger partial charge in [0.2, 0.25) is 0 Å². The van der Waals surface area contributed by atoms with Gasteiger partial charge in [0.05, 0.1) is 18.5 Å². The Morgan fingerprint density at radius 3 is 2.80 bits per heavy atom. The highest BCUT2D eigenvalue weighted by Gasteiger charge is 2.07. The molecule has 1 rings (SSSR count). The molecule has 0 amide bonds. The number of ether oxygens (including phenoxy) is 1. The molecular formula is C11H16N2O2. The van der Waals surface area contributed by atoms with Crippen LogP contribution in [0.15, 0.2) is 23.4 Å². The van der Waals surface area contributed by atoms with E-state index in [1.165, 1.54) is 0 Å². The van der Waals surface area contributed by atoms with Crippen molar-refractivity contribution in [1.82, 2.24) is 0 Å². The smallest absolute Gasteiger partial charge is 0.142 e. The van der Waals surface area contributed by atoms with E-state index in [0.717, 1.165) is 11.3 Å². The van der Waals surface area contributed by atoms with E-state index in [-0.39, 0.29) is 0 Å². The molecule has 4 nitrogen and oxygen atoms in total. The van der Waals surface area contributed by atoms with Gasteiger partial charge in [-0.3, -0.25) is 0 Å². The predicted octanol–water partition coefficient (Wildman–Crippen LogP) is 2.04. The lowest BCUT2D eigenvalue weighted by molar-refractivity contribution is 0.159. The normalized spacial score (nSPS) is 11.3. The van der Waals surface area contributed by atoms with Gasteiger partial charge in [-0.05, 0) is 19.9 Å². The van der Waals surface area contributed by atoms with Gasteiger partial charge in [-0.25, -0.2) is 0 Å². The van der Waals surface area contributed by atoms with Crippen LogP contribution < -0.4 is 10.5 Å². The average Bonchev–Trinajstić information content (AvgIpc) is 2.26. The highest BCUT2D eigenvalue weighted by atomic mass is 16.6. The van der Waals surface area contributed by atoms with E-state index in [1.54, 1.807) is 7.11 Å². The van der Waals surface area contributed by atoms with E-state index in [4.69, 9.17) is 15.3 Å². The van der Waals surface area contributed by atoms with Crippen molar-refractivity contribution in [1.29, 1.82) is 0 Å². The zero-order valence-corrected chi connectivity index (χ0v) is 9.28. The van der Waals surface area contributed by atoms with Crippen molar-refractivity contribution in [3.05, 3.63) is 23.8 Å². The minimum Gasteiger partial charge on any atom is -0.495 e. The van der Waals surface area contributed by atoms with Gasteiger partial charge in [-0.2, -0.15) is 0 Å². The average molecular weight is 208 g/mol. The molecule has 82 valence electrons. The van der Waals surface area contributed by atoms with Gasteiger partial charge in [0.1, 0.15) is 12.4 Å². The molecule has 0 unspecified atom stereocenters. The first kappa shape index (κ1) is 11.4. The van der Waals surface area contributed by atoms with Crippen LogP contribution in [0.5, 0.6) is 5.75 Å². The van der Waals surface area contributed by atoms with E-state index >= 15 is 0 Å². The van der Waals surface area contributed by atoms with Gasteiger partial charge in [0.15, 0.2) is 0 Å². The van der Waals surface area contributed by atoms with E-state index in [1.807, 2.05) is 32.0 Å². The van der Waals surface area contributed by atoms with Crippen molar-refractivity contribution in [3.63, 3.8) is 0 Å². The fraction of sp³-hybridized carbons (Fsp3) is 0.364. The summed E-state index contributed by atoms with van der Waals surface area (Å²) < 4.78 is 5.12. The van der Waals surface area contributed by atoms with E-state index in [2.05, 4.69) is 5.16 Å². The molecule has 0 bridgehead atoms. The van der Waals surface area contributed by atoms with Crippen LogP contribution in [-0.4, -0.2) is 19.4 Å². The molecule has 0 atom stereocenters. The highest BCUT2D eigenvalue weighted by Crippen LogP contribution is 2.25. The number of benzene rings is 1. The summed E-state index contributed by atoms with van der Waals surface area (Å²) in [6.07, 6.45) is 0. The van der Waals surface area contributed by atoms with Gasteiger partial charge in [-0.1, -0.05) is 17.3 Å². The van der Waals surface area contributed by atoms with Crippen LogP contribution in [0.1, 0.15) is 19.4 Å². The van der Waals surface area contributed by atoms with E-state index in [0.29, 0.717) is 18.0 Å². The molecular weight excluding hydrogens is 192 g/mol. The third kappa shape index (κ3) is 2.62. The van der Waals surface area contributed by atoms with Gasteiger partial charge in [0.25, 0.3) is 0 Å². The summed E-state index contributed by atoms with van der Waals surface area (Å²) in [6, 6.07) is 5.57. The Bertz CT molecular complexity index is 362. The second kappa shape index (κ2) is 5.24. The number of oxime groups is 1. The fourth-order valence-corrected chi connectivity index (χ4v) is 1.25. The van der Waals surface area contributed by atoms with Crippen molar-refractivity contribution in [3.8, 4) is 5.75 Å². The van der Waals surface area contributed by atoms with Crippen LogP contribution in [0.25, 0.3) is 0 Å². The van der Waals surface area contributed by atoms with Gasteiger partial charge < -0.3 is 15.3 Å². The number of nitrogen functional groups attached to an aromatic ring is 1. The second-order valence-electron chi connectivity index (χ2n) is 3.02. The predicted molar refractivity (Wildman–Crippen MR) is 61.2 cm³/mol. The number of hydrogen-bond donors (Lipinski definition) is 1. The zero-order chi connectivity index (χ0) is 11.3. The van der Waals surface area contributed by atoms with Crippen molar-refractivity contribution in [2.45, 2.75) is 13.8 Å².